The fourth-order valence-electron chi connectivity index (χ4n) is 1.62. The van der Waals surface area contributed by atoms with Crippen molar-refractivity contribution in [1.29, 1.82) is 0 Å². The van der Waals surface area contributed by atoms with Gasteiger partial charge in [0.25, 0.3) is 0 Å². The first kappa shape index (κ1) is 17.2. The van der Waals surface area contributed by atoms with E-state index in [9.17, 15) is 9.18 Å². The summed E-state index contributed by atoms with van der Waals surface area (Å²) in [7, 11) is 0. The van der Waals surface area contributed by atoms with Crippen molar-refractivity contribution in [1.82, 2.24) is 0 Å². The van der Waals surface area contributed by atoms with Gasteiger partial charge in [0.15, 0.2) is 11.6 Å². The van der Waals surface area contributed by atoms with E-state index in [1.807, 2.05) is 0 Å². The molecule has 0 saturated carbocycles. The summed E-state index contributed by atoms with van der Waals surface area (Å²) in [5.41, 5.74) is 5.73. The first-order chi connectivity index (χ1) is 10.1. The van der Waals surface area contributed by atoms with Gasteiger partial charge < -0.3 is 19.9 Å². The molecule has 0 spiro atoms. The van der Waals surface area contributed by atoms with Gasteiger partial charge in [0, 0.05) is 18.4 Å². The summed E-state index contributed by atoms with van der Waals surface area (Å²) < 4.78 is 29.2. The Labute approximate surface area is 124 Å². The van der Waals surface area contributed by atoms with Crippen molar-refractivity contribution in [3.63, 3.8) is 0 Å². The number of unbranched alkanes of at least 4 members (excludes halogenated alkanes) is 1. The van der Waals surface area contributed by atoms with Crippen LogP contribution in [0, 0.1) is 5.82 Å². The predicted molar refractivity (Wildman–Crippen MR) is 78.0 cm³/mol. The summed E-state index contributed by atoms with van der Waals surface area (Å²) in [6.07, 6.45) is 2.03. The molecule has 1 aromatic rings. The number of nitrogen functional groups attached to an aromatic ring is 1. The van der Waals surface area contributed by atoms with Crippen molar-refractivity contribution in [3.05, 3.63) is 23.5 Å². The number of ether oxygens (including phenoxy) is 3. The number of nitrogens with two attached hydrogens (primary N) is 1. The van der Waals surface area contributed by atoms with E-state index in [4.69, 9.17) is 19.9 Å². The van der Waals surface area contributed by atoms with Crippen LogP contribution in [0.2, 0.25) is 0 Å². The van der Waals surface area contributed by atoms with E-state index in [2.05, 4.69) is 6.92 Å². The average molecular weight is 299 g/mol. The summed E-state index contributed by atoms with van der Waals surface area (Å²) in [4.78, 5) is 11.7. The molecule has 0 radical (unpaired) electrons. The van der Waals surface area contributed by atoms with E-state index < -0.39 is 11.8 Å². The zero-order valence-electron chi connectivity index (χ0n) is 12.5. The highest BCUT2D eigenvalue weighted by atomic mass is 19.1. The number of halogens is 1. The standard InChI is InChI=1S/C15H22FNO4/c1-3-5-6-19-7-8-21-14-9-11(15(18)20-4-2)13(17)10-12(14)16/h9-10H,3-8,17H2,1-2H3. The maximum Gasteiger partial charge on any atom is 0.340 e. The van der Waals surface area contributed by atoms with Crippen molar-refractivity contribution in [2.24, 2.45) is 0 Å². The molecule has 1 aromatic carbocycles. The Hall–Kier alpha value is -1.82. The van der Waals surface area contributed by atoms with E-state index in [1.165, 1.54) is 6.07 Å². The lowest BCUT2D eigenvalue weighted by molar-refractivity contribution is 0.0526. The molecule has 0 aliphatic heterocycles. The topological polar surface area (TPSA) is 70.8 Å². The number of carbonyl (C=O) groups is 1. The number of benzene rings is 1. The third-order valence-electron chi connectivity index (χ3n) is 2.73. The van der Waals surface area contributed by atoms with Gasteiger partial charge in [0.1, 0.15) is 6.61 Å². The van der Waals surface area contributed by atoms with Gasteiger partial charge >= 0.3 is 5.97 Å². The molecule has 21 heavy (non-hydrogen) atoms. The quantitative estimate of drug-likeness (QED) is 0.431. The Balaban J connectivity index is 2.61. The van der Waals surface area contributed by atoms with Crippen LogP contribution in [0.3, 0.4) is 0 Å². The Morgan fingerprint density at radius 3 is 2.67 bits per heavy atom. The number of rotatable bonds is 9. The van der Waals surface area contributed by atoms with E-state index in [0.29, 0.717) is 13.2 Å². The van der Waals surface area contributed by atoms with Crippen LogP contribution in [-0.2, 0) is 9.47 Å². The van der Waals surface area contributed by atoms with Crippen molar-refractivity contribution < 1.29 is 23.4 Å². The summed E-state index contributed by atoms with van der Waals surface area (Å²) in [6.45, 7) is 5.18. The van der Waals surface area contributed by atoms with Crippen LogP contribution in [-0.4, -0.2) is 32.4 Å². The molecular formula is C15H22FNO4. The number of hydrogen-bond acceptors (Lipinski definition) is 5. The molecule has 0 bridgehead atoms. The van der Waals surface area contributed by atoms with Gasteiger partial charge in [-0.3, -0.25) is 0 Å². The smallest absolute Gasteiger partial charge is 0.340 e. The van der Waals surface area contributed by atoms with Crippen LogP contribution in [0.1, 0.15) is 37.0 Å². The Morgan fingerprint density at radius 1 is 1.24 bits per heavy atom. The van der Waals surface area contributed by atoms with E-state index in [0.717, 1.165) is 18.9 Å². The van der Waals surface area contributed by atoms with Gasteiger partial charge in [-0.2, -0.15) is 0 Å². The average Bonchev–Trinajstić information content (AvgIpc) is 2.44. The monoisotopic (exact) mass is 299 g/mol. The molecule has 6 heteroatoms. The van der Waals surface area contributed by atoms with Crippen molar-refractivity contribution >= 4 is 11.7 Å². The molecule has 0 heterocycles. The van der Waals surface area contributed by atoms with E-state index >= 15 is 0 Å². The molecule has 0 aliphatic rings. The molecule has 0 saturated heterocycles. The molecule has 5 nitrogen and oxygen atoms in total. The highest BCUT2D eigenvalue weighted by Gasteiger charge is 2.16. The number of anilines is 1. The summed E-state index contributed by atoms with van der Waals surface area (Å²) in [6, 6.07) is 2.31. The lowest BCUT2D eigenvalue weighted by atomic mass is 10.1. The minimum atomic E-state index is -0.617. The van der Waals surface area contributed by atoms with E-state index in [-0.39, 0.29) is 30.2 Å². The van der Waals surface area contributed by atoms with Crippen molar-refractivity contribution in [2.75, 3.05) is 32.2 Å². The second-order valence-corrected chi connectivity index (χ2v) is 4.40. The fourth-order valence-corrected chi connectivity index (χ4v) is 1.62. The second kappa shape index (κ2) is 9.18. The highest BCUT2D eigenvalue weighted by Crippen LogP contribution is 2.24. The van der Waals surface area contributed by atoms with Gasteiger partial charge in [-0.05, 0) is 19.4 Å². The molecule has 2 N–H and O–H groups in total. The maximum absolute atomic E-state index is 13.7. The summed E-state index contributed by atoms with van der Waals surface area (Å²) >= 11 is 0. The molecule has 1 rings (SSSR count). The lowest BCUT2D eigenvalue weighted by Crippen LogP contribution is -2.11. The third kappa shape index (κ3) is 5.59. The minimum Gasteiger partial charge on any atom is -0.488 e. The van der Waals surface area contributed by atoms with Crippen LogP contribution in [0.25, 0.3) is 0 Å². The van der Waals surface area contributed by atoms with Gasteiger partial charge in [-0.25, -0.2) is 9.18 Å². The third-order valence-corrected chi connectivity index (χ3v) is 2.73. The SMILES string of the molecule is CCCCOCCOc1cc(C(=O)OCC)c(N)cc1F. The number of hydrogen-bond donors (Lipinski definition) is 1. The number of esters is 1. The van der Waals surface area contributed by atoms with Gasteiger partial charge in [0.2, 0.25) is 0 Å². The fraction of sp³-hybridized carbons (Fsp3) is 0.533. The predicted octanol–water partition coefficient (Wildman–Crippen LogP) is 2.78. The molecule has 0 aliphatic carbocycles. The zero-order chi connectivity index (χ0) is 15.7. The molecule has 0 atom stereocenters. The Kier molecular flexibility index (Phi) is 7.53. The van der Waals surface area contributed by atoms with Crippen LogP contribution in [0.5, 0.6) is 5.75 Å². The molecule has 0 fully saturated rings. The van der Waals surface area contributed by atoms with Crippen LogP contribution in [0.4, 0.5) is 10.1 Å². The first-order valence-electron chi connectivity index (χ1n) is 7.06. The Morgan fingerprint density at radius 2 is 2.00 bits per heavy atom. The van der Waals surface area contributed by atoms with Crippen LogP contribution >= 0.6 is 0 Å². The van der Waals surface area contributed by atoms with Gasteiger partial charge in [0.05, 0.1) is 18.8 Å². The normalized spacial score (nSPS) is 10.4. The first-order valence-corrected chi connectivity index (χ1v) is 7.06. The minimum absolute atomic E-state index is 0.0255. The number of carbonyl (C=O) groups excluding carboxylic acids is 1. The second-order valence-electron chi connectivity index (χ2n) is 4.40. The molecule has 0 amide bonds. The van der Waals surface area contributed by atoms with E-state index in [1.54, 1.807) is 6.92 Å². The Bertz CT molecular complexity index is 465. The largest absolute Gasteiger partial charge is 0.488 e. The van der Waals surface area contributed by atoms with Crippen molar-refractivity contribution in [3.8, 4) is 5.75 Å². The van der Waals surface area contributed by atoms with Gasteiger partial charge in [-0.15, -0.1) is 0 Å². The molecular weight excluding hydrogens is 277 g/mol. The summed E-state index contributed by atoms with van der Waals surface area (Å²) in [5, 5.41) is 0. The van der Waals surface area contributed by atoms with Crippen molar-refractivity contribution in [2.45, 2.75) is 26.7 Å². The zero-order valence-corrected chi connectivity index (χ0v) is 12.5. The lowest BCUT2D eigenvalue weighted by Gasteiger charge is -2.11. The highest BCUT2D eigenvalue weighted by molar-refractivity contribution is 5.95. The maximum atomic E-state index is 13.7. The molecule has 0 aromatic heterocycles. The molecule has 118 valence electrons. The van der Waals surface area contributed by atoms with Gasteiger partial charge in [-0.1, -0.05) is 13.3 Å². The molecule has 0 unspecified atom stereocenters. The van der Waals surface area contributed by atoms with Crippen LogP contribution < -0.4 is 10.5 Å². The summed E-state index contributed by atoms with van der Waals surface area (Å²) in [5.74, 6) is -1.25. The van der Waals surface area contributed by atoms with Crippen LogP contribution in [0.15, 0.2) is 12.1 Å².